The van der Waals surface area contributed by atoms with E-state index in [1.807, 2.05) is 62.4 Å². The van der Waals surface area contributed by atoms with Crippen molar-refractivity contribution in [3.8, 4) is 0 Å². The van der Waals surface area contributed by atoms with Crippen molar-refractivity contribution in [2.24, 2.45) is 0 Å². The highest BCUT2D eigenvalue weighted by Crippen LogP contribution is 2.16. The van der Waals surface area contributed by atoms with Gasteiger partial charge in [-0.25, -0.2) is 0 Å². The monoisotopic (exact) mass is 302 g/mol. The van der Waals surface area contributed by atoms with Gasteiger partial charge >= 0.3 is 0 Å². The molecule has 0 spiro atoms. The number of aryl methyl sites for hydroxylation is 1. The predicted octanol–water partition coefficient (Wildman–Crippen LogP) is 3.94. The summed E-state index contributed by atoms with van der Waals surface area (Å²) in [6.45, 7) is 4.28. The molecule has 21 heavy (non-hydrogen) atoms. The van der Waals surface area contributed by atoms with Crippen LogP contribution in [0.4, 0.5) is 5.69 Å². The van der Waals surface area contributed by atoms with Crippen molar-refractivity contribution in [1.82, 2.24) is 5.32 Å². The van der Waals surface area contributed by atoms with E-state index in [0.717, 1.165) is 16.8 Å². The van der Waals surface area contributed by atoms with Crippen molar-refractivity contribution >= 4 is 23.2 Å². The van der Waals surface area contributed by atoms with Gasteiger partial charge in [0, 0.05) is 16.8 Å². The van der Waals surface area contributed by atoms with E-state index in [0.29, 0.717) is 5.02 Å². The molecule has 0 saturated heterocycles. The Morgan fingerprint density at radius 2 is 1.90 bits per heavy atom. The van der Waals surface area contributed by atoms with E-state index in [1.54, 1.807) is 0 Å². The number of anilines is 1. The molecule has 0 heterocycles. The smallest absolute Gasteiger partial charge is 0.238 e. The molecule has 1 unspecified atom stereocenters. The van der Waals surface area contributed by atoms with Crippen LogP contribution in [0.5, 0.6) is 0 Å². The van der Waals surface area contributed by atoms with E-state index in [2.05, 4.69) is 10.6 Å². The van der Waals surface area contributed by atoms with Crippen LogP contribution in [0.1, 0.15) is 24.1 Å². The summed E-state index contributed by atoms with van der Waals surface area (Å²) in [6.07, 6.45) is 0. The number of benzene rings is 2. The maximum Gasteiger partial charge on any atom is 0.238 e. The standard InChI is InChI=1S/C17H19ClN2O/c1-12-4-3-5-16(10-12)20-17(21)11-19-13(2)14-6-8-15(18)9-7-14/h3-10,13,19H,11H2,1-2H3,(H,20,21). The zero-order chi connectivity index (χ0) is 15.2. The second-order valence-electron chi connectivity index (χ2n) is 5.07. The van der Waals surface area contributed by atoms with Crippen LogP contribution in [-0.2, 0) is 4.79 Å². The minimum Gasteiger partial charge on any atom is -0.325 e. The molecule has 0 aliphatic heterocycles. The number of carbonyl (C=O) groups excluding carboxylic acids is 1. The first kappa shape index (κ1) is 15.5. The maximum absolute atomic E-state index is 11.9. The lowest BCUT2D eigenvalue weighted by molar-refractivity contribution is -0.115. The number of halogens is 1. The van der Waals surface area contributed by atoms with Crippen molar-refractivity contribution in [2.75, 3.05) is 11.9 Å². The Kier molecular flexibility index (Phi) is 5.37. The first-order chi connectivity index (χ1) is 10.0. The third-order valence-electron chi connectivity index (χ3n) is 3.24. The molecule has 4 heteroatoms. The van der Waals surface area contributed by atoms with Gasteiger partial charge < -0.3 is 10.6 Å². The van der Waals surface area contributed by atoms with Gasteiger partial charge in [-0.3, -0.25) is 4.79 Å². The van der Waals surface area contributed by atoms with E-state index < -0.39 is 0 Å². The topological polar surface area (TPSA) is 41.1 Å². The molecule has 0 aromatic heterocycles. The van der Waals surface area contributed by atoms with Crippen LogP contribution in [0.3, 0.4) is 0 Å². The molecule has 0 radical (unpaired) electrons. The van der Waals surface area contributed by atoms with Gasteiger partial charge in [-0.2, -0.15) is 0 Å². The Labute approximate surface area is 130 Å². The highest BCUT2D eigenvalue weighted by molar-refractivity contribution is 6.30. The van der Waals surface area contributed by atoms with Gasteiger partial charge in [0.25, 0.3) is 0 Å². The molecule has 2 aromatic rings. The minimum absolute atomic E-state index is 0.0542. The molecule has 0 bridgehead atoms. The molecule has 2 rings (SSSR count). The van der Waals surface area contributed by atoms with E-state index in [4.69, 9.17) is 11.6 Å². The van der Waals surface area contributed by atoms with Gasteiger partial charge in [0.2, 0.25) is 5.91 Å². The Morgan fingerprint density at radius 1 is 1.19 bits per heavy atom. The highest BCUT2D eigenvalue weighted by Gasteiger charge is 2.08. The summed E-state index contributed by atoms with van der Waals surface area (Å²) >= 11 is 5.86. The largest absolute Gasteiger partial charge is 0.325 e. The van der Waals surface area contributed by atoms with E-state index in [9.17, 15) is 4.79 Å². The average Bonchev–Trinajstić information content (AvgIpc) is 2.45. The van der Waals surface area contributed by atoms with Crippen LogP contribution in [-0.4, -0.2) is 12.5 Å². The molecule has 2 N–H and O–H groups in total. The number of hydrogen-bond donors (Lipinski definition) is 2. The fourth-order valence-corrected chi connectivity index (χ4v) is 2.17. The number of nitrogens with one attached hydrogen (secondary N) is 2. The first-order valence-corrected chi connectivity index (χ1v) is 7.28. The van der Waals surface area contributed by atoms with Gasteiger partial charge in [0.05, 0.1) is 6.54 Å². The fourth-order valence-electron chi connectivity index (χ4n) is 2.04. The Bertz CT molecular complexity index is 610. The van der Waals surface area contributed by atoms with Gasteiger partial charge in [0.15, 0.2) is 0 Å². The molecule has 2 aromatic carbocycles. The molecule has 0 saturated carbocycles. The summed E-state index contributed by atoms with van der Waals surface area (Å²) in [7, 11) is 0. The third-order valence-corrected chi connectivity index (χ3v) is 3.49. The summed E-state index contributed by atoms with van der Waals surface area (Å²) in [4.78, 5) is 11.9. The summed E-state index contributed by atoms with van der Waals surface area (Å²) in [6, 6.07) is 15.4. The zero-order valence-electron chi connectivity index (χ0n) is 12.2. The molecular formula is C17H19ClN2O. The van der Waals surface area contributed by atoms with E-state index >= 15 is 0 Å². The summed E-state index contributed by atoms with van der Waals surface area (Å²) in [5.74, 6) is -0.0542. The van der Waals surface area contributed by atoms with Gasteiger partial charge in [-0.1, -0.05) is 35.9 Å². The average molecular weight is 303 g/mol. The van der Waals surface area contributed by atoms with Gasteiger partial charge in [0.1, 0.15) is 0 Å². The van der Waals surface area contributed by atoms with Crippen LogP contribution >= 0.6 is 11.6 Å². The zero-order valence-corrected chi connectivity index (χ0v) is 12.9. The lowest BCUT2D eigenvalue weighted by Gasteiger charge is -2.14. The van der Waals surface area contributed by atoms with Crippen molar-refractivity contribution in [3.05, 3.63) is 64.7 Å². The van der Waals surface area contributed by atoms with Crippen molar-refractivity contribution in [2.45, 2.75) is 19.9 Å². The fraction of sp³-hybridized carbons (Fsp3) is 0.235. The molecule has 0 aliphatic carbocycles. The molecule has 3 nitrogen and oxygen atoms in total. The lowest BCUT2D eigenvalue weighted by Crippen LogP contribution is -2.30. The van der Waals surface area contributed by atoms with E-state index in [-0.39, 0.29) is 18.5 Å². The molecular weight excluding hydrogens is 284 g/mol. The highest BCUT2D eigenvalue weighted by atomic mass is 35.5. The number of rotatable bonds is 5. The van der Waals surface area contributed by atoms with Crippen molar-refractivity contribution in [1.29, 1.82) is 0 Å². The van der Waals surface area contributed by atoms with Crippen molar-refractivity contribution < 1.29 is 4.79 Å². The van der Waals surface area contributed by atoms with Gasteiger partial charge in [-0.15, -0.1) is 0 Å². The Morgan fingerprint density at radius 3 is 2.57 bits per heavy atom. The second-order valence-corrected chi connectivity index (χ2v) is 5.51. The number of carbonyl (C=O) groups is 1. The first-order valence-electron chi connectivity index (χ1n) is 6.90. The maximum atomic E-state index is 11.9. The molecule has 0 aliphatic rings. The normalized spacial score (nSPS) is 12.0. The third kappa shape index (κ3) is 4.88. The van der Waals surface area contributed by atoms with Crippen LogP contribution < -0.4 is 10.6 Å². The molecule has 1 amide bonds. The van der Waals surface area contributed by atoms with E-state index in [1.165, 1.54) is 0 Å². The summed E-state index contributed by atoms with van der Waals surface area (Å²) in [5.41, 5.74) is 3.04. The Balaban J connectivity index is 1.84. The summed E-state index contributed by atoms with van der Waals surface area (Å²) in [5, 5.41) is 6.79. The summed E-state index contributed by atoms with van der Waals surface area (Å²) < 4.78 is 0. The lowest BCUT2D eigenvalue weighted by atomic mass is 10.1. The number of hydrogen-bond acceptors (Lipinski definition) is 2. The Hall–Kier alpha value is -1.84. The SMILES string of the molecule is Cc1cccc(NC(=O)CNC(C)c2ccc(Cl)cc2)c1. The second kappa shape index (κ2) is 7.25. The van der Waals surface area contributed by atoms with Crippen molar-refractivity contribution in [3.63, 3.8) is 0 Å². The number of amides is 1. The van der Waals surface area contributed by atoms with Crippen LogP contribution in [0, 0.1) is 6.92 Å². The quantitative estimate of drug-likeness (QED) is 0.878. The predicted molar refractivity (Wildman–Crippen MR) is 87.7 cm³/mol. The molecule has 0 fully saturated rings. The van der Waals surface area contributed by atoms with Crippen LogP contribution in [0.2, 0.25) is 5.02 Å². The van der Waals surface area contributed by atoms with Gasteiger partial charge in [-0.05, 0) is 49.2 Å². The molecule has 1 atom stereocenters. The van der Waals surface area contributed by atoms with Crippen LogP contribution in [0.25, 0.3) is 0 Å². The molecule has 110 valence electrons. The van der Waals surface area contributed by atoms with Crippen LogP contribution in [0.15, 0.2) is 48.5 Å². The minimum atomic E-state index is -0.0542.